The zero-order chi connectivity index (χ0) is 17.4. The van der Waals surface area contributed by atoms with Crippen molar-refractivity contribution in [2.75, 3.05) is 24.5 Å². The van der Waals surface area contributed by atoms with Gasteiger partial charge in [-0.1, -0.05) is 17.7 Å². The SMILES string of the molecule is O=C1CN(Cc2cc3cc(Cl)ccc3[nH]2)CCN1c1cccc(F)c1. The Bertz CT molecular complexity index is 939. The highest BCUT2D eigenvalue weighted by Gasteiger charge is 2.25. The predicted octanol–water partition coefficient (Wildman–Crippen LogP) is 3.81. The van der Waals surface area contributed by atoms with Gasteiger partial charge in [-0.3, -0.25) is 9.69 Å². The van der Waals surface area contributed by atoms with Gasteiger partial charge < -0.3 is 9.88 Å². The van der Waals surface area contributed by atoms with Crippen LogP contribution in [0.2, 0.25) is 5.02 Å². The number of amides is 1. The van der Waals surface area contributed by atoms with Gasteiger partial charge in [-0.2, -0.15) is 0 Å². The summed E-state index contributed by atoms with van der Waals surface area (Å²) in [6.45, 7) is 2.26. The Morgan fingerprint density at radius 3 is 2.80 bits per heavy atom. The van der Waals surface area contributed by atoms with Crippen molar-refractivity contribution in [3.05, 3.63) is 65.1 Å². The lowest BCUT2D eigenvalue weighted by atomic mass is 10.2. The van der Waals surface area contributed by atoms with E-state index in [1.807, 2.05) is 18.2 Å². The summed E-state index contributed by atoms with van der Waals surface area (Å²) in [5.74, 6) is -0.347. The van der Waals surface area contributed by atoms with Gasteiger partial charge in [0.15, 0.2) is 0 Å². The van der Waals surface area contributed by atoms with Crippen molar-refractivity contribution in [1.29, 1.82) is 0 Å². The fourth-order valence-electron chi connectivity index (χ4n) is 3.26. The highest BCUT2D eigenvalue weighted by atomic mass is 35.5. The fraction of sp³-hybridized carbons (Fsp3) is 0.211. The van der Waals surface area contributed by atoms with Gasteiger partial charge >= 0.3 is 0 Å². The summed E-state index contributed by atoms with van der Waals surface area (Å²) >= 11 is 6.02. The first-order valence-electron chi connectivity index (χ1n) is 8.14. The first-order chi connectivity index (χ1) is 12.1. The van der Waals surface area contributed by atoms with Gasteiger partial charge in [-0.25, -0.2) is 4.39 Å². The minimum atomic E-state index is -0.329. The molecule has 1 amide bonds. The van der Waals surface area contributed by atoms with Crippen molar-refractivity contribution in [3.8, 4) is 0 Å². The predicted molar refractivity (Wildman–Crippen MR) is 97.3 cm³/mol. The van der Waals surface area contributed by atoms with E-state index in [0.717, 1.165) is 23.1 Å². The fourth-order valence-corrected chi connectivity index (χ4v) is 3.44. The summed E-state index contributed by atoms with van der Waals surface area (Å²) in [5.41, 5.74) is 2.69. The minimum Gasteiger partial charge on any atom is -0.357 e. The monoisotopic (exact) mass is 357 g/mol. The van der Waals surface area contributed by atoms with Crippen LogP contribution in [0.4, 0.5) is 10.1 Å². The smallest absolute Gasteiger partial charge is 0.241 e. The van der Waals surface area contributed by atoms with E-state index in [0.29, 0.717) is 30.3 Å². The van der Waals surface area contributed by atoms with Gasteiger partial charge in [0, 0.05) is 46.9 Å². The third-order valence-electron chi connectivity index (χ3n) is 4.45. The second-order valence-electron chi connectivity index (χ2n) is 6.26. The zero-order valence-electron chi connectivity index (χ0n) is 13.5. The molecule has 1 fully saturated rings. The molecule has 0 aliphatic carbocycles. The lowest BCUT2D eigenvalue weighted by Gasteiger charge is -2.34. The first kappa shape index (κ1) is 16.1. The third-order valence-corrected chi connectivity index (χ3v) is 4.69. The molecule has 2 aromatic carbocycles. The molecule has 0 atom stereocenters. The second kappa shape index (κ2) is 6.50. The molecular weight excluding hydrogens is 341 g/mol. The molecule has 6 heteroatoms. The van der Waals surface area contributed by atoms with Gasteiger partial charge in [-0.15, -0.1) is 0 Å². The van der Waals surface area contributed by atoms with Crippen LogP contribution in [0.15, 0.2) is 48.5 Å². The van der Waals surface area contributed by atoms with Crippen LogP contribution in [0, 0.1) is 5.82 Å². The normalized spacial score (nSPS) is 15.9. The number of benzene rings is 2. The molecule has 4 nitrogen and oxygen atoms in total. The number of H-pyrrole nitrogens is 1. The number of hydrogen-bond donors (Lipinski definition) is 1. The van der Waals surface area contributed by atoms with Crippen LogP contribution >= 0.6 is 11.6 Å². The van der Waals surface area contributed by atoms with Crippen LogP contribution in [-0.2, 0) is 11.3 Å². The molecule has 128 valence electrons. The summed E-state index contributed by atoms with van der Waals surface area (Å²) in [6, 6.07) is 14.0. The van der Waals surface area contributed by atoms with Crippen molar-refractivity contribution >= 4 is 34.1 Å². The molecule has 0 bridgehead atoms. The Morgan fingerprint density at radius 1 is 1.12 bits per heavy atom. The molecular formula is C19H17ClFN3O. The number of fused-ring (bicyclic) bond motifs is 1. The quantitative estimate of drug-likeness (QED) is 0.774. The summed E-state index contributed by atoms with van der Waals surface area (Å²) in [4.78, 5) is 19.5. The third kappa shape index (κ3) is 3.38. The molecule has 0 radical (unpaired) electrons. The Kier molecular flexibility index (Phi) is 4.19. The first-order valence-corrected chi connectivity index (χ1v) is 8.52. The van der Waals surface area contributed by atoms with Crippen LogP contribution in [0.1, 0.15) is 5.69 Å². The summed E-state index contributed by atoms with van der Waals surface area (Å²) in [6.07, 6.45) is 0. The maximum atomic E-state index is 13.4. The van der Waals surface area contributed by atoms with Crippen molar-refractivity contribution in [3.63, 3.8) is 0 Å². The van der Waals surface area contributed by atoms with E-state index in [-0.39, 0.29) is 11.7 Å². The van der Waals surface area contributed by atoms with E-state index in [1.165, 1.54) is 12.1 Å². The van der Waals surface area contributed by atoms with Crippen molar-refractivity contribution in [1.82, 2.24) is 9.88 Å². The lowest BCUT2D eigenvalue weighted by molar-refractivity contribution is -0.121. The molecule has 25 heavy (non-hydrogen) atoms. The topological polar surface area (TPSA) is 39.3 Å². The largest absolute Gasteiger partial charge is 0.357 e. The molecule has 0 saturated carbocycles. The van der Waals surface area contributed by atoms with Crippen LogP contribution in [-0.4, -0.2) is 35.4 Å². The van der Waals surface area contributed by atoms with E-state index in [1.54, 1.807) is 17.0 Å². The Morgan fingerprint density at radius 2 is 2.00 bits per heavy atom. The summed E-state index contributed by atoms with van der Waals surface area (Å²) < 4.78 is 13.4. The Balaban J connectivity index is 1.46. The number of piperazine rings is 1. The number of nitrogens with zero attached hydrogens (tertiary/aromatic N) is 2. The molecule has 4 rings (SSSR count). The molecule has 3 aromatic rings. The summed E-state index contributed by atoms with van der Waals surface area (Å²) in [5, 5.41) is 1.77. The average Bonchev–Trinajstić information content (AvgIpc) is 2.96. The number of aromatic nitrogens is 1. The van der Waals surface area contributed by atoms with Crippen molar-refractivity contribution < 1.29 is 9.18 Å². The van der Waals surface area contributed by atoms with Crippen molar-refractivity contribution in [2.24, 2.45) is 0 Å². The molecule has 1 aromatic heterocycles. The number of carbonyl (C=O) groups is 1. The lowest BCUT2D eigenvalue weighted by Crippen LogP contribution is -2.50. The number of nitrogens with one attached hydrogen (secondary N) is 1. The number of halogens is 2. The van der Waals surface area contributed by atoms with Crippen LogP contribution < -0.4 is 4.90 Å². The number of carbonyl (C=O) groups excluding carboxylic acids is 1. The standard InChI is InChI=1S/C19H17ClFN3O/c20-14-4-5-18-13(8-14)9-16(22-18)11-23-6-7-24(19(25)12-23)17-3-1-2-15(21)10-17/h1-5,8-10,22H,6-7,11-12H2. The molecule has 1 N–H and O–H groups in total. The second-order valence-corrected chi connectivity index (χ2v) is 6.70. The van der Waals surface area contributed by atoms with Crippen LogP contribution in [0.25, 0.3) is 10.9 Å². The van der Waals surface area contributed by atoms with Gasteiger partial charge in [0.25, 0.3) is 0 Å². The van der Waals surface area contributed by atoms with E-state index >= 15 is 0 Å². The highest BCUT2D eigenvalue weighted by Crippen LogP contribution is 2.22. The maximum absolute atomic E-state index is 13.4. The van der Waals surface area contributed by atoms with Gasteiger partial charge in [-0.05, 0) is 42.5 Å². The Hall–Kier alpha value is -2.37. The van der Waals surface area contributed by atoms with Gasteiger partial charge in [0.2, 0.25) is 5.91 Å². The zero-order valence-corrected chi connectivity index (χ0v) is 14.3. The average molecular weight is 358 g/mol. The molecule has 2 heterocycles. The van der Waals surface area contributed by atoms with E-state index < -0.39 is 0 Å². The maximum Gasteiger partial charge on any atom is 0.241 e. The van der Waals surface area contributed by atoms with Crippen molar-refractivity contribution in [2.45, 2.75) is 6.54 Å². The van der Waals surface area contributed by atoms with E-state index in [2.05, 4.69) is 16.0 Å². The molecule has 1 aliphatic heterocycles. The number of anilines is 1. The van der Waals surface area contributed by atoms with Gasteiger partial charge in [0.1, 0.15) is 5.82 Å². The van der Waals surface area contributed by atoms with E-state index in [9.17, 15) is 9.18 Å². The molecule has 1 aliphatic rings. The Labute approximate surface area is 149 Å². The summed E-state index contributed by atoms with van der Waals surface area (Å²) in [7, 11) is 0. The van der Waals surface area contributed by atoms with E-state index in [4.69, 9.17) is 11.6 Å². The number of rotatable bonds is 3. The highest BCUT2D eigenvalue weighted by molar-refractivity contribution is 6.31. The van der Waals surface area contributed by atoms with Crippen LogP contribution in [0.5, 0.6) is 0 Å². The molecule has 0 unspecified atom stereocenters. The van der Waals surface area contributed by atoms with Gasteiger partial charge in [0.05, 0.1) is 6.54 Å². The number of aromatic amines is 1. The number of hydrogen-bond acceptors (Lipinski definition) is 2. The molecule has 0 spiro atoms. The van der Waals surface area contributed by atoms with Crippen LogP contribution in [0.3, 0.4) is 0 Å². The minimum absolute atomic E-state index is 0.0176. The molecule has 1 saturated heterocycles.